The molecule has 0 spiro atoms. The Morgan fingerprint density at radius 1 is 1.22 bits per heavy atom. The molecule has 0 heterocycles. The van der Waals surface area contributed by atoms with E-state index in [1.54, 1.807) is 6.08 Å². The number of esters is 1. The lowest BCUT2D eigenvalue weighted by Gasteiger charge is -2.00. The highest BCUT2D eigenvalue weighted by atomic mass is 16.5. The summed E-state index contributed by atoms with van der Waals surface area (Å²) in [6.07, 6.45) is 5.05. The first-order valence-corrected chi connectivity index (χ1v) is 5.98. The standard InChI is InChI=1S/C15H18O3/c1-12-8-10-13(11-9-12)14(16)6-4-3-5-7-15(17)18-2/h5,7-11H,3-4,6H2,1-2H3/b7-5+. The zero-order chi connectivity index (χ0) is 13.4. The molecule has 3 nitrogen and oxygen atoms in total. The number of unbranched alkanes of at least 4 members (excludes halogenated alkanes) is 1. The van der Waals surface area contributed by atoms with Gasteiger partial charge in [-0.2, -0.15) is 0 Å². The molecule has 96 valence electrons. The molecule has 0 saturated heterocycles. The number of allylic oxidation sites excluding steroid dienone is 1. The molecule has 0 aliphatic rings. The fourth-order valence-corrected chi connectivity index (χ4v) is 1.51. The Bertz CT molecular complexity index is 430. The summed E-state index contributed by atoms with van der Waals surface area (Å²) in [7, 11) is 1.34. The minimum atomic E-state index is -0.361. The molecule has 0 amide bonds. The van der Waals surface area contributed by atoms with Crippen molar-refractivity contribution in [2.24, 2.45) is 0 Å². The third-order valence-electron chi connectivity index (χ3n) is 2.60. The van der Waals surface area contributed by atoms with Crippen molar-refractivity contribution >= 4 is 11.8 Å². The zero-order valence-corrected chi connectivity index (χ0v) is 10.8. The molecule has 0 saturated carbocycles. The number of ether oxygens (including phenoxy) is 1. The predicted molar refractivity (Wildman–Crippen MR) is 70.5 cm³/mol. The van der Waals surface area contributed by atoms with Crippen LogP contribution in [0.2, 0.25) is 0 Å². The van der Waals surface area contributed by atoms with Crippen LogP contribution in [0.5, 0.6) is 0 Å². The minimum Gasteiger partial charge on any atom is -0.466 e. The summed E-state index contributed by atoms with van der Waals surface area (Å²) >= 11 is 0. The normalized spacial score (nSPS) is 10.6. The first-order valence-electron chi connectivity index (χ1n) is 5.98. The van der Waals surface area contributed by atoms with Gasteiger partial charge >= 0.3 is 5.97 Å². The average Bonchev–Trinajstić information content (AvgIpc) is 2.38. The van der Waals surface area contributed by atoms with E-state index in [9.17, 15) is 9.59 Å². The molecule has 0 aromatic heterocycles. The molecule has 0 aliphatic carbocycles. The number of Topliss-reactive ketones (excluding diaryl/α,β-unsaturated/α-hetero) is 1. The molecule has 3 heteroatoms. The Balaban J connectivity index is 2.31. The fourth-order valence-electron chi connectivity index (χ4n) is 1.51. The van der Waals surface area contributed by atoms with Gasteiger partial charge < -0.3 is 4.74 Å². The number of benzene rings is 1. The molecule has 1 aromatic carbocycles. The maximum absolute atomic E-state index is 11.8. The number of hydrogen-bond acceptors (Lipinski definition) is 3. The van der Waals surface area contributed by atoms with Crippen LogP contribution in [-0.4, -0.2) is 18.9 Å². The highest BCUT2D eigenvalue weighted by molar-refractivity contribution is 5.96. The number of hydrogen-bond donors (Lipinski definition) is 0. The van der Waals surface area contributed by atoms with Gasteiger partial charge in [-0.05, 0) is 19.8 Å². The molecule has 0 aliphatic heterocycles. The van der Waals surface area contributed by atoms with Crippen LogP contribution in [0.3, 0.4) is 0 Å². The molecule has 0 radical (unpaired) electrons. The van der Waals surface area contributed by atoms with Gasteiger partial charge in [0.15, 0.2) is 5.78 Å². The van der Waals surface area contributed by atoms with Crippen LogP contribution >= 0.6 is 0 Å². The Labute approximate surface area is 107 Å². The highest BCUT2D eigenvalue weighted by Gasteiger charge is 2.04. The van der Waals surface area contributed by atoms with Crippen molar-refractivity contribution in [3.63, 3.8) is 0 Å². The maximum atomic E-state index is 11.8. The van der Waals surface area contributed by atoms with Crippen molar-refractivity contribution < 1.29 is 14.3 Å². The monoisotopic (exact) mass is 246 g/mol. The second-order valence-electron chi connectivity index (χ2n) is 4.11. The van der Waals surface area contributed by atoms with Gasteiger partial charge in [-0.1, -0.05) is 35.9 Å². The van der Waals surface area contributed by atoms with Gasteiger partial charge in [-0.15, -0.1) is 0 Å². The number of carbonyl (C=O) groups is 2. The highest BCUT2D eigenvalue weighted by Crippen LogP contribution is 2.09. The summed E-state index contributed by atoms with van der Waals surface area (Å²) in [6.45, 7) is 1.99. The van der Waals surface area contributed by atoms with E-state index in [4.69, 9.17) is 0 Å². The van der Waals surface area contributed by atoms with Gasteiger partial charge in [0.1, 0.15) is 0 Å². The molecular formula is C15H18O3. The van der Waals surface area contributed by atoms with Gasteiger partial charge in [-0.25, -0.2) is 4.79 Å². The first-order chi connectivity index (χ1) is 8.63. The SMILES string of the molecule is COC(=O)/C=C/CCCC(=O)c1ccc(C)cc1. The van der Waals surface area contributed by atoms with E-state index in [0.29, 0.717) is 12.8 Å². The molecule has 18 heavy (non-hydrogen) atoms. The van der Waals surface area contributed by atoms with Gasteiger partial charge in [0.05, 0.1) is 7.11 Å². The number of carbonyl (C=O) groups excluding carboxylic acids is 2. The van der Waals surface area contributed by atoms with Crippen molar-refractivity contribution in [2.75, 3.05) is 7.11 Å². The second kappa shape index (κ2) is 7.43. The number of rotatable bonds is 6. The molecule has 0 N–H and O–H groups in total. The lowest BCUT2D eigenvalue weighted by molar-refractivity contribution is -0.134. The third kappa shape index (κ3) is 4.95. The summed E-state index contributed by atoms with van der Waals surface area (Å²) in [5.41, 5.74) is 1.89. The van der Waals surface area contributed by atoms with Gasteiger partial charge in [0.2, 0.25) is 0 Å². The van der Waals surface area contributed by atoms with Crippen LogP contribution < -0.4 is 0 Å². The zero-order valence-electron chi connectivity index (χ0n) is 10.8. The predicted octanol–water partition coefficient (Wildman–Crippen LogP) is 3.08. The van der Waals surface area contributed by atoms with Crippen LogP contribution in [0.25, 0.3) is 0 Å². The van der Waals surface area contributed by atoms with E-state index >= 15 is 0 Å². The Hall–Kier alpha value is -1.90. The smallest absolute Gasteiger partial charge is 0.330 e. The van der Waals surface area contributed by atoms with Crippen LogP contribution in [0.1, 0.15) is 35.2 Å². The molecule has 0 unspecified atom stereocenters. The maximum Gasteiger partial charge on any atom is 0.330 e. The van der Waals surface area contributed by atoms with Gasteiger partial charge in [-0.3, -0.25) is 4.79 Å². The average molecular weight is 246 g/mol. The summed E-state index contributed by atoms with van der Waals surface area (Å²) < 4.78 is 4.47. The summed E-state index contributed by atoms with van der Waals surface area (Å²) in [5, 5.41) is 0. The quantitative estimate of drug-likeness (QED) is 0.335. The first kappa shape index (κ1) is 14.2. The number of ketones is 1. The Morgan fingerprint density at radius 2 is 1.89 bits per heavy atom. The lowest BCUT2D eigenvalue weighted by Crippen LogP contribution is -1.98. The van der Waals surface area contributed by atoms with Crippen molar-refractivity contribution in [1.82, 2.24) is 0 Å². The summed E-state index contributed by atoms with van der Waals surface area (Å²) in [6, 6.07) is 7.57. The summed E-state index contributed by atoms with van der Waals surface area (Å²) in [5.74, 6) is -0.221. The van der Waals surface area contributed by atoms with Crippen molar-refractivity contribution in [3.05, 3.63) is 47.5 Å². The molecule has 1 aromatic rings. The van der Waals surface area contributed by atoms with E-state index in [1.807, 2.05) is 31.2 Å². The molecule has 0 fully saturated rings. The van der Waals surface area contributed by atoms with E-state index in [-0.39, 0.29) is 11.8 Å². The van der Waals surface area contributed by atoms with Crippen LogP contribution in [-0.2, 0) is 9.53 Å². The topological polar surface area (TPSA) is 43.4 Å². The van der Waals surface area contributed by atoms with Crippen LogP contribution in [0.4, 0.5) is 0 Å². The van der Waals surface area contributed by atoms with Gasteiger partial charge in [0.25, 0.3) is 0 Å². The lowest BCUT2D eigenvalue weighted by atomic mass is 10.0. The van der Waals surface area contributed by atoms with Crippen molar-refractivity contribution in [3.8, 4) is 0 Å². The molecule has 1 rings (SSSR count). The molecule has 0 bridgehead atoms. The van der Waals surface area contributed by atoms with E-state index < -0.39 is 0 Å². The third-order valence-corrected chi connectivity index (χ3v) is 2.60. The molecule has 0 atom stereocenters. The van der Waals surface area contributed by atoms with E-state index in [2.05, 4.69) is 4.74 Å². The minimum absolute atomic E-state index is 0.140. The van der Waals surface area contributed by atoms with E-state index in [1.165, 1.54) is 13.2 Å². The van der Waals surface area contributed by atoms with Crippen LogP contribution in [0.15, 0.2) is 36.4 Å². The van der Waals surface area contributed by atoms with Crippen LogP contribution in [0, 0.1) is 6.92 Å². The largest absolute Gasteiger partial charge is 0.466 e. The van der Waals surface area contributed by atoms with Crippen molar-refractivity contribution in [2.45, 2.75) is 26.2 Å². The van der Waals surface area contributed by atoms with E-state index in [0.717, 1.165) is 17.5 Å². The summed E-state index contributed by atoms with van der Waals surface area (Å²) in [4.78, 5) is 22.6. The number of methoxy groups -OCH3 is 1. The Morgan fingerprint density at radius 3 is 2.50 bits per heavy atom. The Kier molecular flexibility index (Phi) is 5.85. The number of aryl methyl sites for hydroxylation is 1. The molecular weight excluding hydrogens is 228 g/mol. The van der Waals surface area contributed by atoms with Crippen molar-refractivity contribution in [1.29, 1.82) is 0 Å². The second-order valence-corrected chi connectivity index (χ2v) is 4.11. The van der Waals surface area contributed by atoms with Gasteiger partial charge in [0, 0.05) is 18.1 Å². The fraction of sp³-hybridized carbons (Fsp3) is 0.333.